The predicted octanol–water partition coefficient (Wildman–Crippen LogP) is 4.10. The Kier molecular flexibility index (Phi) is 7.57. The molecule has 0 aliphatic carbocycles. The number of carbonyl (C=O) groups is 1. The minimum Gasteiger partial charge on any atom is -0.337 e. The molecule has 0 bridgehead atoms. The van der Waals surface area contributed by atoms with Gasteiger partial charge < -0.3 is 5.32 Å². The van der Waals surface area contributed by atoms with Gasteiger partial charge in [0.2, 0.25) is 0 Å². The second-order valence-corrected chi connectivity index (χ2v) is 8.81. The van der Waals surface area contributed by atoms with Crippen molar-refractivity contribution < 1.29 is 9.18 Å². The van der Waals surface area contributed by atoms with Crippen molar-refractivity contribution in [3.63, 3.8) is 0 Å². The highest BCUT2D eigenvalue weighted by Crippen LogP contribution is 2.23. The Labute approximate surface area is 167 Å². The molecule has 0 aliphatic rings. The number of nitrogens with one attached hydrogen (secondary N) is 2. The number of rotatable bonds is 6. The van der Waals surface area contributed by atoms with Gasteiger partial charge in [-0.3, -0.25) is 10.2 Å². The highest BCUT2D eigenvalue weighted by molar-refractivity contribution is 14.1. The van der Waals surface area contributed by atoms with Crippen LogP contribution < -0.4 is 5.32 Å². The Bertz CT molecular complexity index is 743. The first-order valence-corrected chi connectivity index (χ1v) is 9.77. The molecule has 2 atom stereocenters. The van der Waals surface area contributed by atoms with Crippen molar-refractivity contribution in [3.8, 4) is 0 Å². The van der Waals surface area contributed by atoms with Crippen LogP contribution in [0.15, 0.2) is 36.5 Å². The highest BCUT2D eigenvalue weighted by atomic mass is 127. The summed E-state index contributed by atoms with van der Waals surface area (Å²) in [7, 11) is 0. The van der Waals surface area contributed by atoms with Gasteiger partial charge in [-0.25, -0.2) is 4.39 Å². The van der Waals surface area contributed by atoms with Crippen molar-refractivity contribution in [2.75, 3.05) is 0 Å². The molecule has 0 saturated carbocycles. The molecule has 0 saturated heterocycles. The molecule has 9 heteroatoms. The van der Waals surface area contributed by atoms with Crippen LogP contribution in [0.2, 0.25) is 5.02 Å². The summed E-state index contributed by atoms with van der Waals surface area (Å²) in [5, 5.41) is 18.7. The number of aromatic nitrogens is 2. The quantitative estimate of drug-likeness (QED) is 0.209. The number of alkyl halides is 1. The molecule has 1 aromatic heterocycles. The third-order valence-corrected chi connectivity index (χ3v) is 5.69. The molecular weight excluding hydrogens is 478 g/mol. The molecule has 25 heavy (non-hydrogen) atoms. The molecule has 2 unspecified atom stereocenters. The fourth-order valence-electron chi connectivity index (χ4n) is 1.96. The lowest BCUT2D eigenvalue weighted by atomic mass is 10.1. The molecule has 132 valence electrons. The lowest BCUT2D eigenvalue weighted by molar-refractivity contribution is 0.0944. The molecule has 0 aliphatic heterocycles. The first-order valence-electron chi connectivity index (χ1n) is 7.27. The summed E-state index contributed by atoms with van der Waals surface area (Å²) < 4.78 is 13.5. The van der Waals surface area contributed by atoms with E-state index in [1.165, 1.54) is 30.1 Å². The van der Waals surface area contributed by atoms with Gasteiger partial charge in [-0.15, -0.1) is 5.10 Å². The normalized spacial score (nSPS) is 13.1. The van der Waals surface area contributed by atoms with Crippen LogP contribution in [0.4, 0.5) is 4.39 Å². The molecule has 2 aromatic rings. The molecule has 1 amide bonds. The smallest absolute Gasteiger partial charge is 0.272 e. The first kappa shape index (κ1) is 20.1. The van der Waals surface area contributed by atoms with Gasteiger partial charge in [0, 0.05) is 21.6 Å². The third kappa shape index (κ3) is 6.52. The highest BCUT2D eigenvalue weighted by Gasteiger charge is 2.21. The van der Waals surface area contributed by atoms with E-state index in [9.17, 15) is 9.18 Å². The number of carbonyl (C=O) groups excluding carboxylic acids is 1. The van der Waals surface area contributed by atoms with Crippen molar-refractivity contribution in [1.29, 1.82) is 5.41 Å². The maximum absolute atomic E-state index is 13.4. The molecule has 1 heterocycles. The van der Waals surface area contributed by atoms with Gasteiger partial charge in [-0.1, -0.05) is 52.9 Å². The molecule has 2 rings (SSSR count). The maximum atomic E-state index is 13.4. The van der Waals surface area contributed by atoms with Crippen LogP contribution in [-0.4, -0.2) is 30.4 Å². The Hall–Kier alpha value is -1.26. The average Bonchev–Trinajstić information content (AvgIpc) is 2.53. The van der Waals surface area contributed by atoms with Crippen molar-refractivity contribution in [2.45, 2.75) is 22.6 Å². The Morgan fingerprint density at radius 2 is 2.24 bits per heavy atom. The number of hydrogen-bond donors (Lipinski definition) is 2. The van der Waals surface area contributed by atoms with Crippen LogP contribution in [0.5, 0.6) is 0 Å². The molecule has 2 N–H and O–H groups in total. The van der Waals surface area contributed by atoms with Gasteiger partial charge in [-0.2, -0.15) is 5.10 Å². The number of hydrogen-bond acceptors (Lipinski definition) is 5. The minimum atomic E-state index is -0.435. The Morgan fingerprint density at radius 1 is 1.48 bits per heavy atom. The van der Waals surface area contributed by atoms with Crippen LogP contribution in [0.1, 0.15) is 23.0 Å². The Balaban J connectivity index is 2.00. The average molecular weight is 493 g/mol. The summed E-state index contributed by atoms with van der Waals surface area (Å²) >= 11 is 9.23. The van der Waals surface area contributed by atoms with Crippen LogP contribution in [0.3, 0.4) is 0 Å². The molecule has 0 radical (unpaired) electrons. The van der Waals surface area contributed by atoms with Crippen LogP contribution in [-0.2, 0) is 6.42 Å². The first-order chi connectivity index (χ1) is 11.8. The van der Waals surface area contributed by atoms with E-state index in [1.807, 2.05) is 6.92 Å². The molecule has 0 spiro atoms. The topological polar surface area (TPSA) is 78.7 Å². The number of nitrogens with zero attached hydrogens (tertiary/aromatic N) is 2. The predicted molar refractivity (Wildman–Crippen MR) is 107 cm³/mol. The van der Waals surface area contributed by atoms with E-state index in [0.29, 0.717) is 15.6 Å². The van der Waals surface area contributed by atoms with Crippen LogP contribution >= 0.6 is 46.0 Å². The van der Waals surface area contributed by atoms with Gasteiger partial charge in [0.1, 0.15) is 5.82 Å². The number of halogens is 3. The molecule has 1 aromatic carbocycles. The number of benzene rings is 1. The summed E-state index contributed by atoms with van der Waals surface area (Å²) in [6.07, 6.45) is 1.73. The van der Waals surface area contributed by atoms with Gasteiger partial charge in [0.25, 0.3) is 5.91 Å². The van der Waals surface area contributed by atoms with Gasteiger partial charge in [-0.05, 0) is 35.9 Å². The van der Waals surface area contributed by atoms with Crippen molar-refractivity contribution >= 4 is 56.9 Å². The second-order valence-electron chi connectivity index (χ2n) is 5.18. The third-order valence-electron chi connectivity index (χ3n) is 3.05. The van der Waals surface area contributed by atoms with E-state index in [-0.39, 0.29) is 27.3 Å². The minimum absolute atomic E-state index is 0.0552. The number of thioether (sulfide) groups is 1. The van der Waals surface area contributed by atoms with E-state index >= 15 is 0 Å². The Morgan fingerprint density at radius 3 is 2.84 bits per heavy atom. The maximum Gasteiger partial charge on any atom is 0.272 e. The van der Waals surface area contributed by atoms with E-state index in [0.717, 1.165) is 0 Å². The van der Waals surface area contributed by atoms with E-state index in [1.54, 1.807) is 18.2 Å². The number of amides is 1. The molecule has 5 nitrogen and oxygen atoms in total. The molecule has 0 fully saturated rings. The largest absolute Gasteiger partial charge is 0.337 e. The zero-order valence-electron chi connectivity index (χ0n) is 13.2. The van der Waals surface area contributed by atoms with Gasteiger partial charge >= 0.3 is 0 Å². The van der Waals surface area contributed by atoms with Crippen molar-refractivity contribution in [2.24, 2.45) is 0 Å². The monoisotopic (exact) mass is 492 g/mol. The summed E-state index contributed by atoms with van der Waals surface area (Å²) in [5.74, 6) is -0.786. The standard InChI is InChI=1S/C16H15ClFIN4OS/c1-9(19)16(22-15(24)13-3-2-4-21-23-13)25-14(20)7-10-5-11(17)8-12(18)6-10/h2-6,8-9,16,20H,7H2,1H3,(H,22,24). The zero-order chi connectivity index (χ0) is 18.4. The summed E-state index contributed by atoms with van der Waals surface area (Å²) in [5.41, 5.74) is 0.830. The van der Waals surface area contributed by atoms with Crippen molar-refractivity contribution in [1.82, 2.24) is 15.5 Å². The summed E-state index contributed by atoms with van der Waals surface area (Å²) in [4.78, 5) is 12.2. The fraction of sp³-hybridized carbons (Fsp3) is 0.250. The fourth-order valence-corrected chi connectivity index (χ4v) is 3.73. The lowest BCUT2D eigenvalue weighted by Gasteiger charge is -2.21. The van der Waals surface area contributed by atoms with E-state index in [2.05, 4.69) is 38.1 Å². The second kappa shape index (κ2) is 9.44. The van der Waals surface area contributed by atoms with Gasteiger partial charge in [0.15, 0.2) is 5.69 Å². The zero-order valence-corrected chi connectivity index (χ0v) is 16.9. The van der Waals surface area contributed by atoms with E-state index in [4.69, 9.17) is 17.0 Å². The van der Waals surface area contributed by atoms with Crippen LogP contribution in [0, 0.1) is 11.2 Å². The van der Waals surface area contributed by atoms with Crippen LogP contribution in [0.25, 0.3) is 0 Å². The summed E-state index contributed by atoms with van der Waals surface area (Å²) in [6.45, 7) is 1.93. The van der Waals surface area contributed by atoms with Crippen molar-refractivity contribution in [3.05, 3.63) is 58.6 Å². The van der Waals surface area contributed by atoms with E-state index < -0.39 is 5.82 Å². The van der Waals surface area contributed by atoms with Gasteiger partial charge in [0.05, 0.1) is 10.4 Å². The SMILES string of the molecule is CC(I)C(NC(=O)c1cccnn1)SC(=N)Cc1cc(F)cc(Cl)c1. The molecular formula is C16H15ClFIN4OS. The lowest BCUT2D eigenvalue weighted by Crippen LogP contribution is -2.38. The summed E-state index contributed by atoms with van der Waals surface area (Å²) in [6, 6.07) is 7.40.